The maximum atomic E-state index is 15.7. The van der Waals surface area contributed by atoms with Crippen molar-refractivity contribution >= 4 is 5.82 Å². The molecular formula is C26H30F2N6O2. The molecule has 3 aromatic rings. The molecule has 0 radical (unpaired) electrons. The van der Waals surface area contributed by atoms with Crippen LogP contribution in [0.25, 0.3) is 22.6 Å². The van der Waals surface area contributed by atoms with Crippen LogP contribution in [0.3, 0.4) is 0 Å². The molecule has 36 heavy (non-hydrogen) atoms. The molecule has 2 heterocycles. The van der Waals surface area contributed by atoms with Crippen LogP contribution >= 0.6 is 0 Å². The van der Waals surface area contributed by atoms with E-state index in [0.29, 0.717) is 16.9 Å². The summed E-state index contributed by atoms with van der Waals surface area (Å²) in [7, 11) is 3.23. The van der Waals surface area contributed by atoms with Gasteiger partial charge in [0.25, 0.3) is 0 Å². The second kappa shape index (κ2) is 8.90. The highest BCUT2D eigenvalue weighted by Crippen LogP contribution is 2.57. The number of hydrogen-bond acceptors (Lipinski definition) is 8. The van der Waals surface area contributed by atoms with Crippen molar-refractivity contribution < 1.29 is 18.6 Å². The highest BCUT2D eigenvalue weighted by molar-refractivity contribution is 5.71. The molecule has 2 aromatic heterocycles. The molecule has 2 aliphatic rings. The van der Waals surface area contributed by atoms with Gasteiger partial charge in [0.05, 0.1) is 31.1 Å². The molecule has 0 unspecified atom stereocenters. The number of ether oxygens (including phenoxy) is 1. The van der Waals surface area contributed by atoms with Crippen LogP contribution in [0.2, 0.25) is 0 Å². The first-order valence-electron chi connectivity index (χ1n) is 12.1. The Balaban J connectivity index is 1.38. The molecule has 5 rings (SSSR count). The van der Waals surface area contributed by atoms with E-state index in [9.17, 15) is 9.50 Å². The van der Waals surface area contributed by atoms with Gasteiger partial charge in [0, 0.05) is 18.0 Å². The van der Waals surface area contributed by atoms with E-state index in [-0.39, 0.29) is 40.2 Å². The number of anilines is 1. The Kier molecular flexibility index (Phi) is 6.00. The number of halogens is 2. The molecule has 8 nitrogen and oxygen atoms in total. The summed E-state index contributed by atoms with van der Waals surface area (Å²) < 4.78 is 34.9. The SMILES string of the molecule is COc1ncc(F)c(-c2ccc(-c3ncc(N(C)[C@@H]4C[C@@]5(C)CCC[C@](C)(C5)[C@@H]4F)nn3)c(O)c2)n1. The Bertz CT molecular complexity index is 1280. The zero-order valence-electron chi connectivity index (χ0n) is 20.9. The van der Waals surface area contributed by atoms with Crippen molar-refractivity contribution in [1.82, 2.24) is 25.1 Å². The molecule has 0 aliphatic heterocycles. The highest BCUT2D eigenvalue weighted by Gasteiger charge is 2.54. The topological polar surface area (TPSA) is 97.2 Å². The van der Waals surface area contributed by atoms with Gasteiger partial charge in [-0.15, -0.1) is 10.2 Å². The second-order valence-electron chi connectivity index (χ2n) is 10.7. The van der Waals surface area contributed by atoms with Crippen LogP contribution < -0.4 is 9.64 Å². The summed E-state index contributed by atoms with van der Waals surface area (Å²) in [6.45, 7) is 4.33. The third-order valence-corrected chi connectivity index (χ3v) is 7.89. The van der Waals surface area contributed by atoms with Crippen molar-refractivity contribution in [3.63, 3.8) is 0 Å². The monoisotopic (exact) mass is 496 g/mol. The van der Waals surface area contributed by atoms with Gasteiger partial charge >= 0.3 is 6.01 Å². The number of methoxy groups -OCH3 is 1. The standard InChI is InChI=1S/C26H30F2N6O2/c1-25-8-5-9-26(2,14-25)22(28)18(11-25)34(3)20-13-29-23(33-32-20)16-7-6-15(10-19(16)35)21-17(27)12-30-24(31-21)36-4/h6-7,10,12-13,18,22,35H,5,8-9,11,14H2,1-4H3/t18-,22-,25-,26-/m1/s1. The van der Waals surface area contributed by atoms with Crippen LogP contribution in [-0.2, 0) is 0 Å². The number of phenols is 1. The molecular weight excluding hydrogens is 466 g/mol. The van der Waals surface area contributed by atoms with E-state index < -0.39 is 12.0 Å². The predicted octanol–water partition coefficient (Wildman–Crippen LogP) is 4.98. The number of alkyl halides is 1. The number of rotatable bonds is 5. The van der Waals surface area contributed by atoms with Crippen LogP contribution in [0.4, 0.5) is 14.6 Å². The summed E-state index contributed by atoms with van der Waals surface area (Å²) in [4.78, 5) is 14.0. The number of nitrogens with zero attached hydrogens (tertiary/aromatic N) is 6. The van der Waals surface area contributed by atoms with Crippen molar-refractivity contribution in [2.24, 2.45) is 10.8 Å². The third-order valence-electron chi connectivity index (χ3n) is 7.89. The molecule has 0 spiro atoms. The lowest BCUT2D eigenvalue weighted by atomic mass is 9.54. The second-order valence-corrected chi connectivity index (χ2v) is 10.7. The van der Waals surface area contributed by atoms with E-state index in [2.05, 4.69) is 39.0 Å². The van der Waals surface area contributed by atoms with Gasteiger partial charge in [0.1, 0.15) is 17.6 Å². The number of aromatic hydroxyl groups is 1. The number of fused-ring (bicyclic) bond motifs is 2. The number of phenolic OH excluding ortho intramolecular Hbond substituents is 1. The molecule has 0 amide bonds. The quantitative estimate of drug-likeness (QED) is 0.528. The van der Waals surface area contributed by atoms with Crippen LogP contribution in [0, 0.1) is 16.6 Å². The van der Waals surface area contributed by atoms with Gasteiger partial charge in [0.15, 0.2) is 17.5 Å². The molecule has 1 N–H and O–H groups in total. The van der Waals surface area contributed by atoms with Gasteiger partial charge < -0.3 is 14.7 Å². The molecule has 2 aliphatic carbocycles. The molecule has 2 bridgehead atoms. The predicted molar refractivity (Wildman–Crippen MR) is 131 cm³/mol. The van der Waals surface area contributed by atoms with Crippen molar-refractivity contribution in [3.8, 4) is 34.4 Å². The summed E-state index contributed by atoms with van der Waals surface area (Å²) in [6, 6.07) is 4.25. The van der Waals surface area contributed by atoms with Crippen molar-refractivity contribution in [2.45, 2.75) is 58.2 Å². The molecule has 4 atom stereocenters. The first-order valence-corrected chi connectivity index (χ1v) is 12.1. The maximum absolute atomic E-state index is 15.7. The third kappa shape index (κ3) is 4.22. The van der Waals surface area contributed by atoms with Crippen LogP contribution in [0.5, 0.6) is 11.8 Å². The fraction of sp³-hybridized carbons (Fsp3) is 0.500. The maximum Gasteiger partial charge on any atom is 0.316 e. The molecule has 10 heteroatoms. The van der Waals surface area contributed by atoms with Gasteiger partial charge in [-0.05, 0) is 43.2 Å². The van der Waals surface area contributed by atoms with Crippen LogP contribution in [0.1, 0.15) is 46.0 Å². The van der Waals surface area contributed by atoms with Crippen molar-refractivity contribution in [2.75, 3.05) is 19.1 Å². The van der Waals surface area contributed by atoms with E-state index in [1.54, 1.807) is 18.3 Å². The summed E-state index contributed by atoms with van der Waals surface area (Å²) in [5.74, 6) is -0.121. The van der Waals surface area contributed by atoms with E-state index in [0.717, 1.165) is 38.3 Å². The summed E-state index contributed by atoms with van der Waals surface area (Å²) in [6.07, 6.45) is 6.35. The Morgan fingerprint density at radius 3 is 2.64 bits per heavy atom. The lowest BCUT2D eigenvalue weighted by Gasteiger charge is -2.55. The minimum atomic E-state index is -0.963. The van der Waals surface area contributed by atoms with Crippen LogP contribution in [0.15, 0.2) is 30.6 Å². The minimum Gasteiger partial charge on any atom is -0.507 e. The Morgan fingerprint density at radius 2 is 1.94 bits per heavy atom. The number of benzene rings is 1. The summed E-state index contributed by atoms with van der Waals surface area (Å²) in [5, 5.41) is 19.1. The first kappa shape index (κ1) is 24.3. The number of hydrogen-bond donors (Lipinski definition) is 1. The van der Waals surface area contributed by atoms with Gasteiger partial charge in [-0.1, -0.05) is 26.3 Å². The van der Waals surface area contributed by atoms with E-state index in [4.69, 9.17) is 4.74 Å². The average molecular weight is 497 g/mol. The van der Waals surface area contributed by atoms with Gasteiger partial charge in [-0.2, -0.15) is 4.98 Å². The Hall–Kier alpha value is -3.43. The van der Waals surface area contributed by atoms with E-state index >= 15 is 4.39 Å². The molecule has 2 saturated carbocycles. The summed E-state index contributed by atoms with van der Waals surface area (Å²) in [5.41, 5.74) is 0.469. The van der Waals surface area contributed by atoms with Gasteiger partial charge in [0.2, 0.25) is 0 Å². The zero-order chi connectivity index (χ0) is 25.7. The first-order chi connectivity index (χ1) is 17.1. The largest absolute Gasteiger partial charge is 0.507 e. The fourth-order valence-electron chi connectivity index (χ4n) is 6.13. The smallest absolute Gasteiger partial charge is 0.316 e. The molecule has 0 saturated heterocycles. The van der Waals surface area contributed by atoms with Crippen LogP contribution in [-0.4, -0.2) is 56.6 Å². The van der Waals surface area contributed by atoms with E-state index in [1.165, 1.54) is 13.2 Å². The minimum absolute atomic E-state index is 0.000123. The van der Waals surface area contributed by atoms with Gasteiger partial charge in [-0.3, -0.25) is 0 Å². The Labute approximate surface area is 208 Å². The number of aromatic nitrogens is 5. The van der Waals surface area contributed by atoms with Crippen molar-refractivity contribution in [1.29, 1.82) is 0 Å². The lowest BCUT2D eigenvalue weighted by Crippen LogP contribution is -2.57. The van der Waals surface area contributed by atoms with Gasteiger partial charge in [-0.25, -0.2) is 18.7 Å². The summed E-state index contributed by atoms with van der Waals surface area (Å²) >= 11 is 0. The average Bonchev–Trinajstić information content (AvgIpc) is 2.86. The fourth-order valence-corrected chi connectivity index (χ4v) is 6.13. The Morgan fingerprint density at radius 1 is 1.14 bits per heavy atom. The van der Waals surface area contributed by atoms with E-state index in [1.807, 2.05) is 11.9 Å². The molecule has 190 valence electrons. The molecule has 2 fully saturated rings. The zero-order valence-corrected chi connectivity index (χ0v) is 20.9. The molecule has 1 aromatic carbocycles. The normalized spacial score (nSPS) is 27.5. The highest BCUT2D eigenvalue weighted by atomic mass is 19.1. The van der Waals surface area contributed by atoms with Crippen molar-refractivity contribution in [3.05, 3.63) is 36.4 Å². The lowest BCUT2D eigenvalue weighted by molar-refractivity contribution is -0.0540.